The van der Waals surface area contributed by atoms with Crippen molar-refractivity contribution in [1.82, 2.24) is 14.7 Å². The number of thioether (sulfide) groups is 1. The van der Waals surface area contributed by atoms with Gasteiger partial charge in [0.2, 0.25) is 5.88 Å². The van der Waals surface area contributed by atoms with E-state index in [0.717, 1.165) is 29.6 Å². The molecule has 1 N–H and O–H groups in total. The topological polar surface area (TPSA) is 38.6 Å². The zero-order valence-electron chi connectivity index (χ0n) is 10.3. The first-order chi connectivity index (χ1) is 8.26. The van der Waals surface area contributed by atoms with Crippen LogP contribution in [-0.4, -0.2) is 34.5 Å². The van der Waals surface area contributed by atoms with Crippen molar-refractivity contribution >= 4 is 28.1 Å². The predicted molar refractivity (Wildman–Crippen MR) is 74.3 cm³/mol. The molecule has 0 bridgehead atoms. The second-order valence-corrected chi connectivity index (χ2v) is 5.95. The van der Waals surface area contributed by atoms with Gasteiger partial charge in [0.25, 0.3) is 0 Å². The lowest BCUT2D eigenvalue weighted by Gasteiger charge is -2.09. The van der Waals surface area contributed by atoms with Crippen LogP contribution >= 0.6 is 23.1 Å². The summed E-state index contributed by atoms with van der Waals surface area (Å²) >= 11 is 3.49. The molecule has 2 aromatic heterocycles. The highest BCUT2D eigenvalue weighted by Gasteiger charge is 2.13. The van der Waals surface area contributed by atoms with E-state index < -0.39 is 0 Å². The van der Waals surface area contributed by atoms with Gasteiger partial charge >= 0.3 is 0 Å². The Morgan fingerprint density at radius 3 is 3.18 bits per heavy atom. The number of ether oxygens (including phenoxy) is 1. The van der Waals surface area contributed by atoms with Crippen LogP contribution in [0.3, 0.4) is 0 Å². The molecule has 1 unspecified atom stereocenters. The van der Waals surface area contributed by atoms with Crippen LogP contribution in [0.25, 0.3) is 4.96 Å². The second kappa shape index (κ2) is 5.75. The predicted octanol–water partition coefficient (Wildman–Crippen LogP) is 2.25. The van der Waals surface area contributed by atoms with Gasteiger partial charge in [-0.15, -0.1) is 11.3 Å². The first-order valence-electron chi connectivity index (χ1n) is 5.48. The van der Waals surface area contributed by atoms with Crippen molar-refractivity contribution in [2.24, 2.45) is 0 Å². The van der Waals surface area contributed by atoms with Crippen LogP contribution in [0.2, 0.25) is 0 Å². The Labute approximate surface area is 109 Å². The fraction of sp³-hybridized carbons (Fsp3) is 0.545. The Bertz CT molecular complexity index is 480. The molecule has 2 heterocycles. The SMILES string of the molecule is COc1nc2sccn2c1CNCC(C)SC. The summed E-state index contributed by atoms with van der Waals surface area (Å²) in [6.07, 6.45) is 4.16. The molecule has 4 nitrogen and oxygen atoms in total. The molecule has 2 aromatic rings. The van der Waals surface area contributed by atoms with Crippen molar-refractivity contribution in [2.75, 3.05) is 19.9 Å². The van der Waals surface area contributed by atoms with Crippen LogP contribution in [0.15, 0.2) is 11.6 Å². The highest BCUT2D eigenvalue weighted by atomic mass is 32.2. The number of fused-ring (bicyclic) bond motifs is 1. The minimum absolute atomic E-state index is 0.617. The van der Waals surface area contributed by atoms with Crippen LogP contribution < -0.4 is 10.1 Å². The number of imidazole rings is 1. The minimum atomic E-state index is 0.617. The Hall–Kier alpha value is -0.720. The highest BCUT2D eigenvalue weighted by molar-refractivity contribution is 7.99. The first-order valence-corrected chi connectivity index (χ1v) is 7.65. The van der Waals surface area contributed by atoms with E-state index in [-0.39, 0.29) is 0 Å². The summed E-state index contributed by atoms with van der Waals surface area (Å²) in [5.41, 5.74) is 1.09. The zero-order chi connectivity index (χ0) is 12.3. The molecule has 6 heteroatoms. The summed E-state index contributed by atoms with van der Waals surface area (Å²) in [5, 5.41) is 6.09. The molecule has 0 aliphatic heterocycles. The fourth-order valence-corrected chi connectivity index (χ4v) is 2.62. The van der Waals surface area contributed by atoms with E-state index in [1.165, 1.54) is 0 Å². The number of hydrogen-bond acceptors (Lipinski definition) is 5. The van der Waals surface area contributed by atoms with Gasteiger partial charge in [-0.25, -0.2) is 0 Å². The lowest BCUT2D eigenvalue weighted by atomic mass is 10.4. The average Bonchev–Trinajstić information content (AvgIpc) is 2.90. The van der Waals surface area contributed by atoms with E-state index >= 15 is 0 Å². The van der Waals surface area contributed by atoms with Crippen molar-refractivity contribution in [2.45, 2.75) is 18.7 Å². The van der Waals surface area contributed by atoms with Crippen LogP contribution in [-0.2, 0) is 6.54 Å². The number of thiazole rings is 1. The maximum absolute atomic E-state index is 5.30. The number of nitrogens with zero attached hydrogens (tertiary/aromatic N) is 2. The van der Waals surface area contributed by atoms with Gasteiger partial charge in [-0.3, -0.25) is 4.40 Å². The molecule has 0 aromatic carbocycles. The summed E-state index contributed by atoms with van der Waals surface area (Å²) in [6, 6.07) is 0. The maximum Gasteiger partial charge on any atom is 0.237 e. The summed E-state index contributed by atoms with van der Waals surface area (Å²) in [7, 11) is 1.67. The van der Waals surface area contributed by atoms with Gasteiger partial charge in [0.15, 0.2) is 4.96 Å². The van der Waals surface area contributed by atoms with Gasteiger partial charge in [-0.2, -0.15) is 16.7 Å². The normalized spacial score (nSPS) is 13.1. The monoisotopic (exact) mass is 271 g/mol. The molecule has 0 saturated heterocycles. The van der Waals surface area contributed by atoms with E-state index in [9.17, 15) is 0 Å². The fourth-order valence-electron chi connectivity index (χ4n) is 1.61. The van der Waals surface area contributed by atoms with Crippen LogP contribution in [0.5, 0.6) is 5.88 Å². The van der Waals surface area contributed by atoms with E-state index in [4.69, 9.17) is 4.74 Å². The van der Waals surface area contributed by atoms with Crippen LogP contribution in [0, 0.1) is 0 Å². The highest BCUT2D eigenvalue weighted by Crippen LogP contribution is 2.22. The number of rotatable bonds is 6. The molecule has 0 amide bonds. The largest absolute Gasteiger partial charge is 0.480 e. The lowest BCUT2D eigenvalue weighted by molar-refractivity contribution is 0.393. The molecule has 0 aliphatic rings. The Morgan fingerprint density at radius 2 is 2.47 bits per heavy atom. The summed E-state index contributed by atoms with van der Waals surface area (Å²) < 4.78 is 7.39. The van der Waals surface area contributed by atoms with E-state index in [2.05, 4.69) is 27.9 Å². The Balaban J connectivity index is 2.08. The number of hydrogen-bond donors (Lipinski definition) is 1. The van der Waals surface area contributed by atoms with Crippen molar-refractivity contribution in [3.05, 3.63) is 17.3 Å². The molecule has 0 saturated carbocycles. The molecule has 1 atom stereocenters. The Kier molecular flexibility index (Phi) is 4.31. The molecule has 0 spiro atoms. The third kappa shape index (κ3) is 2.75. The molecule has 0 fully saturated rings. The first kappa shape index (κ1) is 12.7. The van der Waals surface area contributed by atoms with Crippen molar-refractivity contribution in [1.29, 1.82) is 0 Å². The molecular formula is C11H17N3OS2. The number of aromatic nitrogens is 2. The maximum atomic E-state index is 5.30. The van der Waals surface area contributed by atoms with Gasteiger partial charge in [-0.1, -0.05) is 6.92 Å². The molecule has 0 radical (unpaired) electrons. The summed E-state index contributed by atoms with van der Waals surface area (Å²) in [4.78, 5) is 5.41. The molecule has 94 valence electrons. The van der Waals surface area contributed by atoms with E-state index in [0.29, 0.717) is 5.25 Å². The van der Waals surface area contributed by atoms with Gasteiger partial charge in [0.05, 0.1) is 7.11 Å². The minimum Gasteiger partial charge on any atom is -0.480 e. The summed E-state index contributed by atoms with van der Waals surface area (Å²) in [6.45, 7) is 3.99. The molecular weight excluding hydrogens is 254 g/mol. The average molecular weight is 271 g/mol. The van der Waals surface area contributed by atoms with Gasteiger partial charge in [0.1, 0.15) is 5.69 Å². The molecule has 2 rings (SSSR count). The third-order valence-electron chi connectivity index (χ3n) is 2.64. The number of nitrogens with one attached hydrogen (secondary N) is 1. The van der Waals surface area contributed by atoms with E-state index in [1.54, 1.807) is 18.4 Å². The van der Waals surface area contributed by atoms with Gasteiger partial charge < -0.3 is 10.1 Å². The second-order valence-electron chi connectivity index (χ2n) is 3.80. The number of methoxy groups -OCH3 is 1. The van der Waals surface area contributed by atoms with Crippen LogP contribution in [0.4, 0.5) is 0 Å². The van der Waals surface area contributed by atoms with E-state index in [1.807, 2.05) is 23.3 Å². The Morgan fingerprint density at radius 1 is 1.65 bits per heavy atom. The quantitative estimate of drug-likeness (QED) is 0.874. The van der Waals surface area contributed by atoms with Crippen LogP contribution in [0.1, 0.15) is 12.6 Å². The zero-order valence-corrected chi connectivity index (χ0v) is 11.9. The molecule has 17 heavy (non-hydrogen) atoms. The van der Waals surface area contributed by atoms with Gasteiger partial charge in [0, 0.05) is 29.9 Å². The summed E-state index contributed by atoms with van der Waals surface area (Å²) in [5.74, 6) is 0.723. The van der Waals surface area contributed by atoms with Crippen molar-refractivity contribution < 1.29 is 4.74 Å². The van der Waals surface area contributed by atoms with Gasteiger partial charge in [-0.05, 0) is 6.26 Å². The van der Waals surface area contributed by atoms with Crippen molar-refractivity contribution in [3.8, 4) is 5.88 Å². The molecule has 0 aliphatic carbocycles. The van der Waals surface area contributed by atoms with Crippen molar-refractivity contribution in [3.63, 3.8) is 0 Å². The lowest BCUT2D eigenvalue weighted by Crippen LogP contribution is -2.22. The smallest absolute Gasteiger partial charge is 0.237 e. The third-order valence-corrected chi connectivity index (χ3v) is 4.37. The standard InChI is InChI=1S/C11H17N3OS2/c1-8(16-3)6-12-7-9-10(15-2)13-11-14(9)4-5-17-11/h4-5,8,12H,6-7H2,1-3H3.